The van der Waals surface area contributed by atoms with Gasteiger partial charge in [0, 0.05) is 6.04 Å². The second-order valence-corrected chi connectivity index (χ2v) is 7.51. The molecule has 19 heavy (non-hydrogen) atoms. The van der Waals surface area contributed by atoms with Gasteiger partial charge in [0.15, 0.2) is 9.84 Å². The average molecular weight is 285 g/mol. The van der Waals surface area contributed by atoms with Crippen LogP contribution in [0.25, 0.3) is 0 Å². The number of hydrogen-bond donors (Lipinski definition) is 1. The van der Waals surface area contributed by atoms with Crippen LogP contribution in [0.5, 0.6) is 0 Å². The van der Waals surface area contributed by atoms with Gasteiger partial charge in [0.1, 0.15) is 5.82 Å². The quantitative estimate of drug-likeness (QED) is 0.927. The van der Waals surface area contributed by atoms with Gasteiger partial charge in [0.05, 0.1) is 11.0 Å². The van der Waals surface area contributed by atoms with Gasteiger partial charge in [-0.25, -0.2) is 12.8 Å². The van der Waals surface area contributed by atoms with E-state index in [1.807, 2.05) is 6.92 Å². The summed E-state index contributed by atoms with van der Waals surface area (Å²) in [7, 11) is -1.36. The second-order valence-electron chi connectivity index (χ2n) is 5.17. The summed E-state index contributed by atoms with van der Waals surface area (Å²) in [6.45, 7) is 1.88. The standard InChI is InChI=1S/C14H20FNO2S/c1-10-6-7-11(15)9-12(10)14(16-2)13-5-3-4-8-19(13,17)18/h6-7,9,13-14,16H,3-5,8H2,1-2H3. The number of sulfone groups is 1. The summed E-state index contributed by atoms with van der Waals surface area (Å²) in [6, 6.07) is 4.22. The molecule has 2 rings (SSSR count). The van der Waals surface area contributed by atoms with Crippen LogP contribution in [0.4, 0.5) is 4.39 Å². The van der Waals surface area contributed by atoms with E-state index in [1.54, 1.807) is 13.1 Å². The minimum atomic E-state index is -3.10. The molecule has 106 valence electrons. The van der Waals surface area contributed by atoms with E-state index in [9.17, 15) is 12.8 Å². The van der Waals surface area contributed by atoms with Crippen molar-refractivity contribution in [3.8, 4) is 0 Å². The summed E-state index contributed by atoms with van der Waals surface area (Å²) in [6.07, 6.45) is 2.29. The van der Waals surface area contributed by atoms with Crippen LogP contribution in [0, 0.1) is 12.7 Å². The van der Waals surface area contributed by atoms with Gasteiger partial charge in [-0.2, -0.15) is 0 Å². The molecule has 0 saturated carbocycles. The topological polar surface area (TPSA) is 46.2 Å². The van der Waals surface area contributed by atoms with Gasteiger partial charge < -0.3 is 5.32 Å². The first-order valence-electron chi connectivity index (χ1n) is 6.60. The van der Waals surface area contributed by atoms with Gasteiger partial charge in [-0.1, -0.05) is 12.5 Å². The Labute approximate surface area is 114 Å². The molecule has 1 fully saturated rings. The van der Waals surface area contributed by atoms with E-state index in [4.69, 9.17) is 0 Å². The van der Waals surface area contributed by atoms with Crippen LogP contribution in [-0.4, -0.2) is 26.5 Å². The Bertz CT molecular complexity index is 557. The van der Waals surface area contributed by atoms with E-state index < -0.39 is 15.1 Å². The van der Waals surface area contributed by atoms with Crippen LogP contribution in [-0.2, 0) is 9.84 Å². The van der Waals surface area contributed by atoms with Crippen LogP contribution in [0.2, 0.25) is 0 Å². The van der Waals surface area contributed by atoms with Crippen molar-refractivity contribution in [3.05, 3.63) is 35.1 Å². The van der Waals surface area contributed by atoms with E-state index in [1.165, 1.54) is 12.1 Å². The van der Waals surface area contributed by atoms with Gasteiger partial charge in [0.2, 0.25) is 0 Å². The maximum atomic E-state index is 13.4. The fraction of sp³-hybridized carbons (Fsp3) is 0.571. The molecule has 1 aromatic rings. The minimum Gasteiger partial charge on any atom is -0.312 e. The molecule has 0 aliphatic carbocycles. The Balaban J connectivity index is 2.41. The highest BCUT2D eigenvalue weighted by molar-refractivity contribution is 7.92. The smallest absolute Gasteiger partial charge is 0.155 e. The molecule has 1 N–H and O–H groups in total. The van der Waals surface area contributed by atoms with Crippen molar-refractivity contribution in [1.29, 1.82) is 0 Å². The number of nitrogens with one attached hydrogen (secondary N) is 1. The molecule has 1 aliphatic heterocycles. The molecule has 0 radical (unpaired) electrons. The Kier molecular flexibility index (Phi) is 4.26. The minimum absolute atomic E-state index is 0.240. The largest absolute Gasteiger partial charge is 0.312 e. The summed E-state index contributed by atoms with van der Waals surface area (Å²) in [5.41, 5.74) is 1.67. The molecule has 0 bridgehead atoms. The zero-order valence-corrected chi connectivity index (χ0v) is 12.1. The van der Waals surface area contributed by atoms with E-state index in [0.717, 1.165) is 24.0 Å². The average Bonchev–Trinajstić information content (AvgIpc) is 2.36. The lowest BCUT2D eigenvalue weighted by molar-refractivity contribution is 0.466. The fourth-order valence-electron chi connectivity index (χ4n) is 2.84. The van der Waals surface area contributed by atoms with Crippen LogP contribution in [0.1, 0.15) is 36.4 Å². The molecule has 0 aromatic heterocycles. The molecule has 1 aromatic carbocycles. The van der Waals surface area contributed by atoms with Crippen molar-refractivity contribution in [2.24, 2.45) is 0 Å². The van der Waals surface area contributed by atoms with Crippen LogP contribution >= 0.6 is 0 Å². The van der Waals surface area contributed by atoms with E-state index in [-0.39, 0.29) is 17.6 Å². The van der Waals surface area contributed by atoms with Crippen molar-refractivity contribution in [2.45, 2.75) is 37.5 Å². The molecule has 2 unspecified atom stereocenters. The van der Waals surface area contributed by atoms with Gasteiger partial charge in [-0.15, -0.1) is 0 Å². The monoisotopic (exact) mass is 285 g/mol. The Morgan fingerprint density at radius 1 is 1.37 bits per heavy atom. The lowest BCUT2D eigenvalue weighted by Gasteiger charge is -2.31. The molecule has 0 amide bonds. The molecule has 1 heterocycles. The molecule has 0 spiro atoms. The first-order chi connectivity index (χ1) is 8.95. The lowest BCUT2D eigenvalue weighted by atomic mass is 9.95. The van der Waals surface area contributed by atoms with Crippen molar-refractivity contribution in [1.82, 2.24) is 5.32 Å². The first-order valence-corrected chi connectivity index (χ1v) is 8.32. The number of aryl methyl sites for hydroxylation is 1. The number of benzene rings is 1. The predicted molar refractivity (Wildman–Crippen MR) is 74.4 cm³/mol. The molecular weight excluding hydrogens is 265 g/mol. The van der Waals surface area contributed by atoms with E-state index in [2.05, 4.69) is 5.32 Å². The second kappa shape index (κ2) is 5.59. The van der Waals surface area contributed by atoms with Crippen molar-refractivity contribution in [2.75, 3.05) is 12.8 Å². The van der Waals surface area contributed by atoms with E-state index in [0.29, 0.717) is 6.42 Å². The molecular formula is C14H20FNO2S. The van der Waals surface area contributed by atoms with Gasteiger partial charge in [-0.05, 0) is 50.1 Å². The van der Waals surface area contributed by atoms with Crippen LogP contribution in [0.3, 0.4) is 0 Å². The third-order valence-corrected chi connectivity index (χ3v) is 6.18. The fourth-order valence-corrected chi connectivity index (χ4v) is 4.97. The van der Waals surface area contributed by atoms with Crippen molar-refractivity contribution < 1.29 is 12.8 Å². The molecule has 3 nitrogen and oxygen atoms in total. The highest BCUT2D eigenvalue weighted by atomic mass is 32.2. The summed E-state index contributed by atoms with van der Waals surface area (Å²) in [5.74, 6) is -0.0847. The SMILES string of the molecule is CNC(c1cc(F)ccc1C)C1CCCCS1(=O)=O. The number of halogens is 1. The van der Waals surface area contributed by atoms with Gasteiger partial charge in [0.25, 0.3) is 0 Å². The highest BCUT2D eigenvalue weighted by Gasteiger charge is 2.36. The van der Waals surface area contributed by atoms with Gasteiger partial charge >= 0.3 is 0 Å². The maximum absolute atomic E-state index is 13.4. The molecule has 5 heteroatoms. The lowest BCUT2D eigenvalue weighted by Crippen LogP contribution is -2.39. The zero-order chi connectivity index (χ0) is 14.0. The normalized spacial score (nSPS) is 24.1. The van der Waals surface area contributed by atoms with Crippen molar-refractivity contribution >= 4 is 9.84 Å². The summed E-state index contributed by atoms with van der Waals surface area (Å²) >= 11 is 0. The van der Waals surface area contributed by atoms with Crippen molar-refractivity contribution in [3.63, 3.8) is 0 Å². The highest BCUT2D eigenvalue weighted by Crippen LogP contribution is 2.32. The number of rotatable bonds is 3. The Hall–Kier alpha value is -0.940. The molecule has 1 saturated heterocycles. The number of hydrogen-bond acceptors (Lipinski definition) is 3. The summed E-state index contributed by atoms with van der Waals surface area (Å²) in [4.78, 5) is 0. The maximum Gasteiger partial charge on any atom is 0.155 e. The third-order valence-electron chi connectivity index (χ3n) is 3.89. The third kappa shape index (κ3) is 2.98. The van der Waals surface area contributed by atoms with Crippen LogP contribution in [0.15, 0.2) is 18.2 Å². The predicted octanol–water partition coefficient (Wildman–Crippen LogP) is 2.36. The zero-order valence-electron chi connectivity index (χ0n) is 11.3. The first kappa shape index (κ1) is 14.5. The summed E-state index contributed by atoms with van der Waals surface area (Å²) < 4.78 is 37.9. The van der Waals surface area contributed by atoms with Gasteiger partial charge in [-0.3, -0.25) is 0 Å². The summed E-state index contributed by atoms with van der Waals surface area (Å²) in [5, 5.41) is 2.61. The Morgan fingerprint density at radius 2 is 2.11 bits per heavy atom. The van der Waals surface area contributed by atoms with Crippen LogP contribution < -0.4 is 5.32 Å². The Morgan fingerprint density at radius 3 is 2.74 bits per heavy atom. The molecule has 1 aliphatic rings. The molecule has 2 atom stereocenters. The van der Waals surface area contributed by atoms with E-state index >= 15 is 0 Å².